The maximum absolute atomic E-state index is 12.7. The number of anilines is 1. The molecule has 0 saturated carbocycles. The minimum atomic E-state index is -0.208. The van der Waals surface area contributed by atoms with Crippen molar-refractivity contribution in [3.63, 3.8) is 0 Å². The van der Waals surface area contributed by atoms with Crippen molar-refractivity contribution in [1.82, 2.24) is 19.7 Å². The zero-order valence-electron chi connectivity index (χ0n) is 17.4. The molecule has 0 radical (unpaired) electrons. The molecule has 32 heavy (non-hydrogen) atoms. The summed E-state index contributed by atoms with van der Waals surface area (Å²) in [6.07, 6.45) is 3.43. The molecule has 4 rings (SSSR count). The predicted octanol–water partition coefficient (Wildman–Crippen LogP) is 5.03. The Morgan fingerprint density at radius 2 is 1.91 bits per heavy atom. The fourth-order valence-electron chi connectivity index (χ4n) is 3.18. The summed E-state index contributed by atoms with van der Waals surface area (Å²) >= 11 is 7.36. The summed E-state index contributed by atoms with van der Waals surface area (Å²) in [5.41, 5.74) is 3.42. The van der Waals surface area contributed by atoms with Gasteiger partial charge in [0.05, 0.1) is 24.2 Å². The molecule has 0 unspecified atom stereocenters. The van der Waals surface area contributed by atoms with Crippen molar-refractivity contribution in [2.75, 3.05) is 18.2 Å². The first-order chi connectivity index (χ1) is 15.6. The Balaban J connectivity index is 1.61. The highest BCUT2D eigenvalue weighted by molar-refractivity contribution is 7.99. The SMILES string of the molecule is COc1ccc(Cl)cc1NC(=O)CSc1nnc(-c2ccncc2)n1-c1ccccc1C. The van der Waals surface area contributed by atoms with Gasteiger partial charge >= 0.3 is 0 Å². The van der Waals surface area contributed by atoms with Crippen molar-refractivity contribution in [2.24, 2.45) is 0 Å². The van der Waals surface area contributed by atoms with E-state index in [2.05, 4.69) is 20.5 Å². The number of carbonyl (C=O) groups is 1. The number of pyridine rings is 1. The fourth-order valence-corrected chi connectivity index (χ4v) is 4.09. The third kappa shape index (κ3) is 4.76. The molecule has 9 heteroatoms. The number of rotatable bonds is 7. The number of carbonyl (C=O) groups excluding carboxylic acids is 1. The van der Waals surface area contributed by atoms with E-state index in [-0.39, 0.29) is 11.7 Å². The molecule has 1 amide bonds. The number of hydrogen-bond acceptors (Lipinski definition) is 6. The molecule has 0 aliphatic rings. The van der Waals surface area contributed by atoms with Crippen molar-refractivity contribution in [3.8, 4) is 22.8 Å². The van der Waals surface area contributed by atoms with Crippen LogP contribution >= 0.6 is 23.4 Å². The van der Waals surface area contributed by atoms with E-state index in [1.165, 1.54) is 11.8 Å². The number of aryl methyl sites for hydroxylation is 1. The van der Waals surface area contributed by atoms with Gasteiger partial charge in [0.1, 0.15) is 5.75 Å². The molecule has 2 aromatic heterocycles. The Morgan fingerprint density at radius 1 is 1.12 bits per heavy atom. The van der Waals surface area contributed by atoms with Crippen LogP contribution < -0.4 is 10.1 Å². The second-order valence-electron chi connectivity index (χ2n) is 6.85. The Labute approximate surface area is 194 Å². The number of methoxy groups -OCH3 is 1. The Morgan fingerprint density at radius 3 is 2.66 bits per heavy atom. The molecule has 0 bridgehead atoms. The highest BCUT2D eigenvalue weighted by atomic mass is 35.5. The summed E-state index contributed by atoms with van der Waals surface area (Å²) in [6.45, 7) is 2.03. The maximum Gasteiger partial charge on any atom is 0.234 e. The lowest BCUT2D eigenvalue weighted by atomic mass is 10.2. The van der Waals surface area contributed by atoms with E-state index >= 15 is 0 Å². The first-order valence-corrected chi connectivity index (χ1v) is 11.1. The van der Waals surface area contributed by atoms with Gasteiger partial charge in [-0.3, -0.25) is 14.3 Å². The van der Waals surface area contributed by atoms with Gasteiger partial charge in [0.2, 0.25) is 5.91 Å². The number of hydrogen-bond donors (Lipinski definition) is 1. The molecule has 162 valence electrons. The number of thioether (sulfide) groups is 1. The second kappa shape index (κ2) is 9.84. The molecule has 7 nitrogen and oxygen atoms in total. The summed E-state index contributed by atoms with van der Waals surface area (Å²) in [6, 6.07) is 16.8. The number of halogens is 1. The minimum Gasteiger partial charge on any atom is -0.495 e. The van der Waals surface area contributed by atoms with Crippen LogP contribution in [-0.2, 0) is 4.79 Å². The molecule has 2 heterocycles. The van der Waals surface area contributed by atoms with E-state index in [9.17, 15) is 4.79 Å². The number of nitrogens with zero attached hydrogens (tertiary/aromatic N) is 4. The van der Waals surface area contributed by atoms with Gasteiger partial charge in [-0.25, -0.2) is 0 Å². The highest BCUT2D eigenvalue weighted by Gasteiger charge is 2.19. The number of amides is 1. The van der Waals surface area contributed by atoms with Crippen molar-refractivity contribution >= 4 is 35.0 Å². The molecule has 0 aliphatic heterocycles. The Bertz CT molecular complexity index is 1250. The Kier molecular flexibility index (Phi) is 6.72. The van der Waals surface area contributed by atoms with E-state index in [1.807, 2.05) is 47.9 Å². The fraction of sp³-hybridized carbons (Fsp3) is 0.130. The minimum absolute atomic E-state index is 0.135. The van der Waals surface area contributed by atoms with Gasteiger partial charge in [-0.2, -0.15) is 0 Å². The zero-order chi connectivity index (χ0) is 22.5. The smallest absolute Gasteiger partial charge is 0.234 e. The van der Waals surface area contributed by atoms with Crippen LogP contribution in [0.2, 0.25) is 5.02 Å². The van der Waals surface area contributed by atoms with Gasteiger partial charge in [0, 0.05) is 23.0 Å². The van der Waals surface area contributed by atoms with E-state index < -0.39 is 0 Å². The summed E-state index contributed by atoms with van der Waals surface area (Å²) in [5.74, 6) is 1.15. The van der Waals surface area contributed by atoms with E-state index in [0.717, 1.165) is 16.8 Å². The van der Waals surface area contributed by atoms with Crippen molar-refractivity contribution < 1.29 is 9.53 Å². The number of benzene rings is 2. The summed E-state index contributed by atoms with van der Waals surface area (Å²) in [4.78, 5) is 16.7. The standard InChI is InChI=1S/C23H20ClN5O2S/c1-15-5-3-4-6-19(15)29-22(16-9-11-25-12-10-16)27-28-23(29)32-14-21(30)26-18-13-17(24)7-8-20(18)31-2/h3-13H,14H2,1-2H3,(H,26,30). The number of ether oxygens (including phenoxy) is 1. The van der Waals surface area contributed by atoms with Crippen LogP contribution in [0.5, 0.6) is 5.75 Å². The van der Waals surface area contributed by atoms with Gasteiger partial charge in [-0.1, -0.05) is 41.6 Å². The van der Waals surface area contributed by atoms with E-state index in [1.54, 1.807) is 37.7 Å². The maximum atomic E-state index is 12.7. The van der Waals surface area contributed by atoms with Gasteiger partial charge in [-0.15, -0.1) is 10.2 Å². The molecule has 0 atom stereocenters. The van der Waals surface area contributed by atoms with Crippen LogP contribution in [0.4, 0.5) is 5.69 Å². The molecule has 1 N–H and O–H groups in total. The lowest BCUT2D eigenvalue weighted by Gasteiger charge is -2.13. The van der Waals surface area contributed by atoms with Crippen molar-refractivity contribution in [1.29, 1.82) is 0 Å². The van der Waals surface area contributed by atoms with Crippen LogP contribution in [0.3, 0.4) is 0 Å². The largest absolute Gasteiger partial charge is 0.495 e. The molecular formula is C23H20ClN5O2S. The number of nitrogens with one attached hydrogen (secondary N) is 1. The van der Waals surface area contributed by atoms with Gasteiger partial charge < -0.3 is 10.1 Å². The van der Waals surface area contributed by atoms with Crippen LogP contribution in [0.25, 0.3) is 17.1 Å². The lowest BCUT2D eigenvalue weighted by molar-refractivity contribution is -0.113. The first kappa shape index (κ1) is 21.9. The molecule has 4 aromatic rings. The van der Waals surface area contributed by atoms with Gasteiger partial charge in [-0.05, 0) is 48.9 Å². The monoisotopic (exact) mass is 465 g/mol. The van der Waals surface area contributed by atoms with Gasteiger partial charge in [0.15, 0.2) is 11.0 Å². The van der Waals surface area contributed by atoms with E-state index in [0.29, 0.717) is 27.4 Å². The number of para-hydroxylation sites is 1. The second-order valence-corrected chi connectivity index (χ2v) is 8.22. The molecule has 2 aromatic carbocycles. The first-order valence-electron chi connectivity index (χ1n) is 9.75. The molecule has 0 spiro atoms. The Hall–Kier alpha value is -3.36. The van der Waals surface area contributed by atoms with Crippen molar-refractivity contribution in [2.45, 2.75) is 12.1 Å². The zero-order valence-corrected chi connectivity index (χ0v) is 19.0. The average Bonchev–Trinajstić information content (AvgIpc) is 3.22. The highest BCUT2D eigenvalue weighted by Crippen LogP contribution is 2.30. The third-order valence-corrected chi connectivity index (χ3v) is 5.86. The topological polar surface area (TPSA) is 81.9 Å². The van der Waals surface area contributed by atoms with Crippen molar-refractivity contribution in [3.05, 3.63) is 77.6 Å². The average molecular weight is 466 g/mol. The molecule has 0 saturated heterocycles. The quantitative estimate of drug-likeness (QED) is 0.385. The third-order valence-electron chi connectivity index (χ3n) is 4.70. The summed E-state index contributed by atoms with van der Waals surface area (Å²) in [5, 5.41) is 12.7. The predicted molar refractivity (Wildman–Crippen MR) is 127 cm³/mol. The van der Waals surface area contributed by atoms with E-state index in [4.69, 9.17) is 16.3 Å². The molecule has 0 fully saturated rings. The normalized spacial score (nSPS) is 10.7. The van der Waals surface area contributed by atoms with Crippen LogP contribution in [0, 0.1) is 6.92 Å². The summed E-state index contributed by atoms with van der Waals surface area (Å²) < 4.78 is 7.26. The molecule has 0 aliphatic carbocycles. The lowest BCUT2D eigenvalue weighted by Crippen LogP contribution is -2.15. The van der Waals surface area contributed by atoms with Gasteiger partial charge in [0.25, 0.3) is 0 Å². The molecular weight excluding hydrogens is 446 g/mol. The van der Waals surface area contributed by atoms with Crippen LogP contribution in [0.1, 0.15) is 5.56 Å². The number of aromatic nitrogens is 4. The van der Waals surface area contributed by atoms with Crippen LogP contribution in [-0.4, -0.2) is 38.5 Å². The van der Waals surface area contributed by atoms with Crippen LogP contribution in [0.15, 0.2) is 72.1 Å². The summed E-state index contributed by atoms with van der Waals surface area (Å²) in [7, 11) is 1.54.